The van der Waals surface area contributed by atoms with Crippen molar-refractivity contribution in [2.75, 3.05) is 11.9 Å². The zero-order valence-electron chi connectivity index (χ0n) is 12.6. The van der Waals surface area contributed by atoms with Crippen LogP contribution in [-0.4, -0.2) is 12.5 Å². The van der Waals surface area contributed by atoms with Gasteiger partial charge >= 0.3 is 0 Å². The van der Waals surface area contributed by atoms with Crippen molar-refractivity contribution < 1.29 is 13.9 Å². The molecule has 0 saturated heterocycles. The Morgan fingerprint density at radius 2 is 1.82 bits per heavy atom. The van der Waals surface area contributed by atoms with Crippen LogP contribution < -0.4 is 10.1 Å². The van der Waals surface area contributed by atoms with E-state index in [1.165, 1.54) is 12.1 Å². The van der Waals surface area contributed by atoms with E-state index in [0.717, 1.165) is 25.0 Å². The summed E-state index contributed by atoms with van der Waals surface area (Å²) < 4.78 is 19.1. The number of benzene rings is 2. The van der Waals surface area contributed by atoms with E-state index < -0.39 is 11.7 Å². The number of anilines is 1. The van der Waals surface area contributed by atoms with Crippen molar-refractivity contribution in [2.24, 2.45) is 0 Å². The van der Waals surface area contributed by atoms with E-state index in [1.54, 1.807) is 36.4 Å². The van der Waals surface area contributed by atoms with Gasteiger partial charge in [0.05, 0.1) is 12.2 Å². The molecule has 3 nitrogen and oxygen atoms in total. The lowest BCUT2D eigenvalue weighted by Crippen LogP contribution is -2.13. The van der Waals surface area contributed by atoms with Crippen molar-refractivity contribution in [1.82, 2.24) is 0 Å². The second kappa shape index (κ2) is 8.17. The summed E-state index contributed by atoms with van der Waals surface area (Å²) in [6.07, 6.45) is 3.34. The van der Waals surface area contributed by atoms with E-state index >= 15 is 0 Å². The van der Waals surface area contributed by atoms with E-state index in [2.05, 4.69) is 12.2 Å². The molecular formula is C18H20FNO2. The summed E-state index contributed by atoms with van der Waals surface area (Å²) in [5, 5.41) is 2.67. The molecule has 0 fully saturated rings. The first-order valence-corrected chi connectivity index (χ1v) is 7.49. The molecule has 0 bridgehead atoms. The Bertz CT molecular complexity index is 611. The van der Waals surface area contributed by atoms with Gasteiger partial charge in [0.25, 0.3) is 5.91 Å². The minimum atomic E-state index is -0.532. The maximum absolute atomic E-state index is 13.5. The fourth-order valence-corrected chi connectivity index (χ4v) is 2.02. The van der Waals surface area contributed by atoms with E-state index in [0.29, 0.717) is 12.3 Å². The van der Waals surface area contributed by atoms with Gasteiger partial charge in [-0.25, -0.2) is 4.39 Å². The third-order valence-electron chi connectivity index (χ3n) is 3.25. The van der Waals surface area contributed by atoms with Gasteiger partial charge in [0.15, 0.2) is 0 Å². The van der Waals surface area contributed by atoms with Crippen molar-refractivity contribution >= 4 is 11.6 Å². The van der Waals surface area contributed by atoms with Crippen LogP contribution in [0.3, 0.4) is 0 Å². The Morgan fingerprint density at radius 3 is 2.50 bits per heavy atom. The van der Waals surface area contributed by atoms with Crippen molar-refractivity contribution in [2.45, 2.75) is 26.2 Å². The first-order valence-electron chi connectivity index (χ1n) is 7.49. The highest BCUT2D eigenvalue weighted by molar-refractivity contribution is 6.04. The fraction of sp³-hybridized carbons (Fsp3) is 0.278. The third kappa shape index (κ3) is 4.58. The molecule has 0 aliphatic rings. The van der Waals surface area contributed by atoms with Crippen molar-refractivity contribution in [3.8, 4) is 5.75 Å². The largest absolute Gasteiger partial charge is 0.494 e. The highest BCUT2D eigenvalue weighted by Gasteiger charge is 2.10. The minimum absolute atomic E-state index is 0.0300. The summed E-state index contributed by atoms with van der Waals surface area (Å²) >= 11 is 0. The summed E-state index contributed by atoms with van der Waals surface area (Å²) in [5.74, 6) is -0.231. The first kappa shape index (κ1) is 16.0. The molecule has 0 atom stereocenters. The van der Waals surface area contributed by atoms with Gasteiger partial charge in [-0.15, -0.1) is 0 Å². The normalized spacial score (nSPS) is 10.3. The smallest absolute Gasteiger partial charge is 0.258 e. The number of amides is 1. The second-order valence-electron chi connectivity index (χ2n) is 5.01. The number of carbonyl (C=O) groups is 1. The Hall–Kier alpha value is -2.36. The molecule has 2 aromatic carbocycles. The van der Waals surface area contributed by atoms with Crippen LogP contribution >= 0.6 is 0 Å². The predicted molar refractivity (Wildman–Crippen MR) is 85.8 cm³/mol. The molecule has 1 amide bonds. The molecule has 0 aliphatic carbocycles. The number of nitrogens with one attached hydrogen (secondary N) is 1. The van der Waals surface area contributed by atoms with Crippen LogP contribution in [0.25, 0.3) is 0 Å². The second-order valence-corrected chi connectivity index (χ2v) is 5.01. The summed E-state index contributed by atoms with van der Waals surface area (Å²) in [6.45, 7) is 2.84. The summed E-state index contributed by atoms with van der Waals surface area (Å²) in [4.78, 5) is 12.0. The Morgan fingerprint density at radius 1 is 1.09 bits per heavy atom. The molecular weight excluding hydrogens is 281 g/mol. The molecule has 2 aromatic rings. The van der Waals surface area contributed by atoms with Gasteiger partial charge in [-0.1, -0.05) is 31.9 Å². The van der Waals surface area contributed by atoms with E-state index in [4.69, 9.17) is 4.74 Å². The first-order chi connectivity index (χ1) is 10.7. The maximum atomic E-state index is 13.5. The number of unbranched alkanes of at least 4 members (excludes halogenated alkanes) is 2. The lowest BCUT2D eigenvalue weighted by Gasteiger charge is -2.08. The minimum Gasteiger partial charge on any atom is -0.494 e. The maximum Gasteiger partial charge on any atom is 0.258 e. The molecule has 0 radical (unpaired) electrons. The van der Waals surface area contributed by atoms with Gasteiger partial charge in [-0.05, 0) is 42.8 Å². The monoisotopic (exact) mass is 301 g/mol. The Balaban J connectivity index is 1.91. The zero-order chi connectivity index (χ0) is 15.8. The lowest BCUT2D eigenvalue weighted by atomic mass is 10.2. The molecule has 0 aliphatic heterocycles. The summed E-state index contributed by atoms with van der Waals surface area (Å²) in [6, 6.07) is 13.0. The van der Waals surface area contributed by atoms with Gasteiger partial charge in [0.2, 0.25) is 0 Å². The van der Waals surface area contributed by atoms with Gasteiger partial charge in [-0.3, -0.25) is 4.79 Å². The Kier molecular flexibility index (Phi) is 5.95. The highest BCUT2D eigenvalue weighted by atomic mass is 19.1. The van der Waals surface area contributed by atoms with Gasteiger partial charge in [0.1, 0.15) is 11.6 Å². The van der Waals surface area contributed by atoms with Crippen LogP contribution in [0.4, 0.5) is 10.1 Å². The SMILES string of the molecule is CCCCCOc1ccc(NC(=O)c2ccccc2F)cc1. The van der Waals surface area contributed by atoms with Crippen LogP contribution in [0.2, 0.25) is 0 Å². The molecule has 0 aromatic heterocycles. The van der Waals surface area contributed by atoms with Crippen LogP contribution in [-0.2, 0) is 0 Å². The number of ether oxygens (including phenoxy) is 1. The van der Waals surface area contributed by atoms with Gasteiger partial charge in [-0.2, -0.15) is 0 Å². The average molecular weight is 301 g/mol. The highest BCUT2D eigenvalue weighted by Crippen LogP contribution is 2.17. The predicted octanol–water partition coefficient (Wildman–Crippen LogP) is 4.65. The van der Waals surface area contributed by atoms with E-state index in [9.17, 15) is 9.18 Å². The van der Waals surface area contributed by atoms with Crippen molar-refractivity contribution in [1.29, 1.82) is 0 Å². The molecule has 116 valence electrons. The van der Waals surface area contributed by atoms with Crippen LogP contribution in [0, 0.1) is 5.82 Å². The lowest BCUT2D eigenvalue weighted by molar-refractivity contribution is 0.102. The number of hydrogen-bond donors (Lipinski definition) is 1. The van der Waals surface area contributed by atoms with Crippen LogP contribution in [0.5, 0.6) is 5.75 Å². The molecule has 0 spiro atoms. The van der Waals surface area contributed by atoms with E-state index in [-0.39, 0.29) is 5.56 Å². The summed E-state index contributed by atoms with van der Waals surface area (Å²) in [7, 11) is 0. The molecule has 22 heavy (non-hydrogen) atoms. The van der Waals surface area contributed by atoms with Crippen molar-refractivity contribution in [3.05, 3.63) is 59.9 Å². The third-order valence-corrected chi connectivity index (χ3v) is 3.25. The topological polar surface area (TPSA) is 38.3 Å². The number of hydrogen-bond acceptors (Lipinski definition) is 2. The molecule has 4 heteroatoms. The Labute approximate surface area is 130 Å². The zero-order valence-corrected chi connectivity index (χ0v) is 12.6. The standard InChI is InChI=1S/C18H20FNO2/c1-2-3-6-13-22-15-11-9-14(10-12-15)20-18(21)16-7-4-5-8-17(16)19/h4-5,7-12H,2-3,6,13H2,1H3,(H,20,21). The summed E-state index contributed by atoms with van der Waals surface area (Å²) in [5.41, 5.74) is 0.636. The molecule has 0 unspecified atom stereocenters. The average Bonchev–Trinajstić information content (AvgIpc) is 2.53. The quantitative estimate of drug-likeness (QED) is 0.756. The molecule has 2 rings (SSSR count). The van der Waals surface area contributed by atoms with E-state index in [1.807, 2.05) is 0 Å². The van der Waals surface area contributed by atoms with Gasteiger partial charge in [0, 0.05) is 5.69 Å². The number of halogens is 1. The van der Waals surface area contributed by atoms with Crippen LogP contribution in [0.1, 0.15) is 36.5 Å². The fourth-order valence-electron chi connectivity index (χ4n) is 2.02. The van der Waals surface area contributed by atoms with Crippen LogP contribution in [0.15, 0.2) is 48.5 Å². The number of carbonyl (C=O) groups excluding carboxylic acids is 1. The molecule has 1 N–H and O–H groups in total. The molecule has 0 heterocycles. The van der Waals surface area contributed by atoms with Gasteiger partial charge < -0.3 is 10.1 Å². The number of rotatable bonds is 7. The van der Waals surface area contributed by atoms with Crippen molar-refractivity contribution in [3.63, 3.8) is 0 Å². The molecule has 0 saturated carbocycles.